The molecular weight excluding hydrogens is 416 g/mol. The Hall–Kier alpha value is -2.62. The highest BCUT2D eigenvalue weighted by Gasteiger charge is 2.00. The minimum atomic E-state index is -0.889. The highest BCUT2D eigenvalue weighted by molar-refractivity contribution is 7.97. The number of carboxylic acid groups (broad SMARTS) is 1. The lowest BCUT2D eigenvalue weighted by Crippen LogP contribution is -2.23. The number of aryl methyl sites for hydroxylation is 1. The van der Waals surface area contributed by atoms with E-state index in [1.54, 1.807) is 6.07 Å². The first-order valence-electron chi connectivity index (χ1n) is 8.65. The minimum Gasteiger partial charge on any atom is -0.493 e. The van der Waals surface area contributed by atoms with Crippen molar-refractivity contribution in [2.45, 2.75) is 18.2 Å². The molecule has 0 saturated carbocycles. The number of oxime groups is 1. The molecule has 0 spiro atoms. The number of nitrogens with two attached hydrogens (primary N) is 2. The number of nitrogens with zero attached hydrogens (tertiary/aromatic N) is 1. The van der Waals surface area contributed by atoms with Gasteiger partial charge in [0.15, 0.2) is 0 Å². The van der Waals surface area contributed by atoms with Gasteiger partial charge in [-0.25, -0.2) is 4.72 Å². The lowest BCUT2D eigenvalue weighted by molar-refractivity contribution is -0.135. The number of rotatable bonds is 10. The van der Waals surface area contributed by atoms with Gasteiger partial charge in [-0.1, -0.05) is 41.4 Å². The van der Waals surface area contributed by atoms with Gasteiger partial charge < -0.3 is 26.1 Å². The van der Waals surface area contributed by atoms with Crippen molar-refractivity contribution >= 4 is 35.5 Å². The molecule has 0 aliphatic heterocycles. The van der Waals surface area contributed by atoms with E-state index in [-0.39, 0.29) is 12.5 Å². The Bertz CT molecular complexity index is 771. The van der Waals surface area contributed by atoms with Crippen LogP contribution >= 0.6 is 23.5 Å². The number of hydrogen-bond acceptors (Lipinski definition) is 6. The molecule has 10 heteroatoms. The maximum Gasteiger partial charge on any atom is 0.318 e. The molecule has 2 aromatic rings. The van der Waals surface area contributed by atoms with E-state index in [9.17, 15) is 4.79 Å². The smallest absolute Gasteiger partial charge is 0.318 e. The van der Waals surface area contributed by atoms with E-state index >= 15 is 0 Å². The summed E-state index contributed by atoms with van der Waals surface area (Å²) in [6, 6.07) is 15.1. The third-order valence-electron chi connectivity index (χ3n) is 3.08. The van der Waals surface area contributed by atoms with Gasteiger partial charge in [-0.05, 0) is 48.3 Å². The molecule has 0 saturated heterocycles. The summed E-state index contributed by atoms with van der Waals surface area (Å²) in [6.45, 7) is 2.95. The van der Waals surface area contributed by atoms with E-state index in [0.29, 0.717) is 18.2 Å². The predicted molar refractivity (Wildman–Crippen MR) is 116 cm³/mol. The summed E-state index contributed by atoms with van der Waals surface area (Å²) < 4.78 is 8.15. The molecule has 158 valence electrons. The number of carbonyl (C=O) groups is 1. The zero-order valence-electron chi connectivity index (χ0n) is 16.0. The Kier molecular flexibility index (Phi) is 12.1. The van der Waals surface area contributed by atoms with Crippen LogP contribution < -0.4 is 20.9 Å². The van der Waals surface area contributed by atoms with Gasteiger partial charge in [-0.2, -0.15) is 0 Å². The van der Waals surface area contributed by atoms with Crippen molar-refractivity contribution in [2.24, 2.45) is 16.6 Å². The zero-order valence-corrected chi connectivity index (χ0v) is 17.6. The largest absolute Gasteiger partial charge is 0.493 e. The molecule has 0 bridgehead atoms. The van der Waals surface area contributed by atoms with E-state index in [0.717, 1.165) is 17.1 Å². The van der Waals surface area contributed by atoms with Crippen LogP contribution in [0.1, 0.15) is 12.0 Å². The second-order valence-electron chi connectivity index (χ2n) is 5.61. The summed E-state index contributed by atoms with van der Waals surface area (Å²) in [5, 5.41) is 12.4. The van der Waals surface area contributed by atoms with Gasteiger partial charge >= 0.3 is 5.97 Å². The predicted octanol–water partition coefficient (Wildman–Crippen LogP) is 2.99. The SMILES string of the molecule is Cc1ccc(OCCCON=C(N)N)cc1.O=C(O)CNSc1ccccc1Cl. The van der Waals surface area contributed by atoms with Crippen molar-refractivity contribution in [3.63, 3.8) is 0 Å². The summed E-state index contributed by atoms with van der Waals surface area (Å²) >= 11 is 7.04. The van der Waals surface area contributed by atoms with Gasteiger partial charge in [-0.3, -0.25) is 4.79 Å². The van der Waals surface area contributed by atoms with Crippen LogP contribution in [-0.4, -0.2) is 36.8 Å². The van der Waals surface area contributed by atoms with Crippen LogP contribution in [0, 0.1) is 6.92 Å². The fourth-order valence-corrected chi connectivity index (χ4v) is 2.69. The molecule has 0 fully saturated rings. The Morgan fingerprint density at radius 1 is 1.17 bits per heavy atom. The van der Waals surface area contributed by atoms with E-state index in [1.807, 2.05) is 49.4 Å². The first-order valence-corrected chi connectivity index (χ1v) is 9.84. The Labute approximate surface area is 179 Å². The maximum atomic E-state index is 10.2. The van der Waals surface area contributed by atoms with Crippen LogP contribution in [0.4, 0.5) is 0 Å². The molecule has 6 N–H and O–H groups in total. The number of hydrogen-bond donors (Lipinski definition) is 4. The first kappa shape index (κ1) is 24.4. The third kappa shape index (κ3) is 12.5. The summed E-state index contributed by atoms with van der Waals surface area (Å²) in [4.78, 5) is 15.8. The van der Waals surface area contributed by atoms with Crippen molar-refractivity contribution in [1.29, 1.82) is 0 Å². The molecule has 0 aliphatic carbocycles. The Balaban J connectivity index is 0.000000296. The number of nitrogens with one attached hydrogen (secondary N) is 1. The van der Waals surface area contributed by atoms with Crippen LogP contribution in [0.3, 0.4) is 0 Å². The number of guanidine groups is 1. The fraction of sp³-hybridized carbons (Fsp3) is 0.263. The van der Waals surface area contributed by atoms with E-state index < -0.39 is 5.97 Å². The van der Waals surface area contributed by atoms with Crippen molar-refractivity contribution in [2.75, 3.05) is 19.8 Å². The van der Waals surface area contributed by atoms with Gasteiger partial charge in [0, 0.05) is 11.3 Å². The van der Waals surface area contributed by atoms with Crippen molar-refractivity contribution in [1.82, 2.24) is 4.72 Å². The van der Waals surface area contributed by atoms with Crippen molar-refractivity contribution < 1.29 is 19.5 Å². The third-order valence-corrected chi connectivity index (χ3v) is 4.39. The monoisotopic (exact) mass is 440 g/mol. The van der Waals surface area contributed by atoms with Crippen molar-refractivity contribution in [3.05, 3.63) is 59.1 Å². The number of carboxylic acids is 1. The number of halogens is 1. The van der Waals surface area contributed by atoms with Crippen molar-refractivity contribution in [3.8, 4) is 5.75 Å². The molecule has 29 heavy (non-hydrogen) atoms. The first-order chi connectivity index (χ1) is 13.9. The number of benzene rings is 2. The van der Waals surface area contributed by atoms with E-state index in [1.165, 1.54) is 17.5 Å². The van der Waals surface area contributed by atoms with Crippen LogP contribution in [0.5, 0.6) is 5.75 Å². The molecule has 8 nitrogen and oxygen atoms in total. The van der Waals surface area contributed by atoms with Gasteiger partial charge in [0.1, 0.15) is 18.9 Å². The molecule has 0 heterocycles. The van der Waals surface area contributed by atoms with Gasteiger partial charge in [-0.15, -0.1) is 0 Å². The lowest BCUT2D eigenvalue weighted by atomic mass is 10.2. The van der Waals surface area contributed by atoms with Crippen LogP contribution in [0.15, 0.2) is 58.6 Å². The fourth-order valence-electron chi connectivity index (χ4n) is 1.77. The second kappa shape index (κ2) is 14.4. The highest BCUT2D eigenvalue weighted by atomic mass is 35.5. The Morgan fingerprint density at radius 2 is 1.86 bits per heavy atom. The number of ether oxygens (including phenoxy) is 1. The van der Waals surface area contributed by atoms with Gasteiger partial charge in [0.25, 0.3) is 0 Å². The molecule has 2 aromatic carbocycles. The van der Waals surface area contributed by atoms with Gasteiger partial charge in [0.2, 0.25) is 5.96 Å². The van der Waals surface area contributed by atoms with Crippen LogP contribution in [0.25, 0.3) is 0 Å². The minimum absolute atomic E-state index is 0.0700. The van der Waals surface area contributed by atoms with E-state index in [4.69, 9.17) is 37.7 Å². The molecule has 0 atom stereocenters. The second-order valence-corrected chi connectivity index (χ2v) is 6.95. The molecule has 0 aliphatic rings. The Morgan fingerprint density at radius 3 is 2.48 bits per heavy atom. The van der Waals surface area contributed by atoms with Crippen LogP contribution in [-0.2, 0) is 9.63 Å². The molecule has 0 radical (unpaired) electrons. The standard InChI is InChI=1S/C11H17N3O2.C8H8ClNO2S/c1-9-3-5-10(6-4-9)15-7-2-8-16-14-11(12)13;9-6-3-1-2-4-7(6)13-10-5-8(11)12/h3-6H,2,7-8H2,1H3,(H4,12,13,14);1-4,10H,5H2,(H,11,12). The van der Waals surface area contributed by atoms with E-state index in [2.05, 4.69) is 9.88 Å². The highest BCUT2D eigenvalue weighted by Crippen LogP contribution is 2.23. The summed E-state index contributed by atoms with van der Waals surface area (Å²) in [5.74, 6) is -0.105. The lowest BCUT2D eigenvalue weighted by Gasteiger charge is -2.05. The summed E-state index contributed by atoms with van der Waals surface area (Å²) in [5.41, 5.74) is 11.4. The summed E-state index contributed by atoms with van der Waals surface area (Å²) in [7, 11) is 0. The topological polar surface area (TPSA) is 132 Å². The molecule has 0 unspecified atom stereocenters. The molecular formula is C19H25ClN4O4S. The number of aliphatic carboxylic acids is 1. The average molecular weight is 441 g/mol. The molecule has 0 amide bonds. The summed E-state index contributed by atoms with van der Waals surface area (Å²) in [6.07, 6.45) is 0.727. The average Bonchev–Trinajstić information content (AvgIpc) is 2.67. The van der Waals surface area contributed by atoms with Crippen LogP contribution in [0.2, 0.25) is 5.02 Å². The molecule has 2 rings (SSSR count). The zero-order chi connectivity index (χ0) is 21.5. The molecule has 0 aromatic heterocycles. The normalized spacial score (nSPS) is 9.72. The van der Waals surface area contributed by atoms with Gasteiger partial charge in [0.05, 0.1) is 11.6 Å². The quantitative estimate of drug-likeness (QED) is 0.146. The maximum absolute atomic E-state index is 10.2.